The molecule has 0 saturated carbocycles. The van der Waals surface area contributed by atoms with Crippen molar-refractivity contribution in [3.63, 3.8) is 0 Å². The fourth-order valence-electron chi connectivity index (χ4n) is 2.05. The molecule has 0 aromatic carbocycles. The summed E-state index contributed by atoms with van der Waals surface area (Å²) in [6.07, 6.45) is 2.26. The summed E-state index contributed by atoms with van der Waals surface area (Å²) in [5.74, 6) is -1.15. The Hall–Kier alpha value is -1.51. The van der Waals surface area contributed by atoms with E-state index in [-0.39, 0.29) is 22.7 Å². The lowest BCUT2D eigenvalue weighted by molar-refractivity contribution is 0.0173. The predicted octanol–water partition coefficient (Wildman–Crippen LogP) is 0.626. The van der Waals surface area contributed by atoms with E-state index in [1.54, 1.807) is 0 Å². The van der Waals surface area contributed by atoms with Crippen LogP contribution in [0.15, 0.2) is 23.4 Å². The standard InChI is InChI=1S/C12H16N2O5S/c1-8-6-10(4-5-19-8)14-20(17,18)11-3-2-9(7-13-11)12(15)16/h2-3,7-8,10,14H,4-6H2,1H3,(H,15,16). The van der Waals surface area contributed by atoms with Gasteiger partial charge < -0.3 is 9.84 Å². The van der Waals surface area contributed by atoms with Gasteiger partial charge in [-0.3, -0.25) is 0 Å². The molecule has 1 aromatic rings. The van der Waals surface area contributed by atoms with Crippen LogP contribution < -0.4 is 4.72 Å². The molecule has 2 rings (SSSR count). The Kier molecular flexibility index (Phi) is 4.36. The smallest absolute Gasteiger partial charge is 0.337 e. The average Bonchev–Trinajstić information content (AvgIpc) is 2.38. The van der Waals surface area contributed by atoms with E-state index in [9.17, 15) is 13.2 Å². The van der Waals surface area contributed by atoms with Crippen LogP contribution in [0.5, 0.6) is 0 Å². The molecule has 2 heterocycles. The lowest BCUT2D eigenvalue weighted by Gasteiger charge is -2.27. The number of carboxylic acid groups (broad SMARTS) is 1. The van der Waals surface area contributed by atoms with Crippen LogP contribution in [0.4, 0.5) is 0 Å². The Morgan fingerprint density at radius 3 is 2.80 bits per heavy atom. The summed E-state index contributed by atoms with van der Waals surface area (Å²) < 4.78 is 32.2. The van der Waals surface area contributed by atoms with Gasteiger partial charge in [-0.05, 0) is 31.9 Å². The lowest BCUT2D eigenvalue weighted by atomic mass is 10.1. The molecule has 8 heteroatoms. The molecule has 0 bridgehead atoms. The van der Waals surface area contributed by atoms with E-state index in [2.05, 4.69) is 9.71 Å². The predicted molar refractivity (Wildman–Crippen MR) is 70.0 cm³/mol. The maximum atomic E-state index is 12.1. The number of pyridine rings is 1. The van der Waals surface area contributed by atoms with Crippen molar-refractivity contribution in [2.45, 2.75) is 36.9 Å². The second kappa shape index (κ2) is 5.86. The zero-order valence-corrected chi connectivity index (χ0v) is 11.8. The van der Waals surface area contributed by atoms with E-state index in [1.807, 2.05) is 6.92 Å². The third kappa shape index (κ3) is 3.53. The molecule has 0 spiro atoms. The molecular formula is C12H16N2O5S. The number of carbonyl (C=O) groups is 1. The summed E-state index contributed by atoms with van der Waals surface area (Å²) >= 11 is 0. The van der Waals surface area contributed by atoms with Crippen molar-refractivity contribution in [3.05, 3.63) is 23.9 Å². The van der Waals surface area contributed by atoms with Crippen LogP contribution in [0.2, 0.25) is 0 Å². The van der Waals surface area contributed by atoms with E-state index < -0.39 is 16.0 Å². The van der Waals surface area contributed by atoms with Gasteiger partial charge in [0.1, 0.15) is 0 Å². The number of hydrogen-bond donors (Lipinski definition) is 2. The molecule has 1 aromatic heterocycles. The van der Waals surface area contributed by atoms with Crippen molar-refractivity contribution in [3.8, 4) is 0 Å². The lowest BCUT2D eigenvalue weighted by Crippen LogP contribution is -2.41. The molecule has 1 saturated heterocycles. The third-order valence-electron chi connectivity index (χ3n) is 3.07. The number of hydrogen-bond acceptors (Lipinski definition) is 5. The normalized spacial score (nSPS) is 23.4. The summed E-state index contributed by atoms with van der Waals surface area (Å²) in [6, 6.07) is 2.22. The molecule has 20 heavy (non-hydrogen) atoms. The van der Waals surface area contributed by atoms with Gasteiger partial charge in [-0.15, -0.1) is 0 Å². The average molecular weight is 300 g/mol. The first-order valence-electron chi connectivity index (χ1n) is 6.22. The highest BCUT2D eigenvalue weighted by Crippen LogP contribution is 2.16. The number of nitrogens with one attached hydrogen (secondary N) is 1. The Morgan fingerprint density at radius 1 is 1.50 bits per heavy atom. The summed E-state index contributed by atoms with van der Waals surface area (Å²) in [7, 11) is -3.74. The highest BCUT2D eigenvalue weighted by molar-refractivity contribution is 7.89. The quantitative estimate of drug-likeness (QED) is 0.844. The van der Waals surface area contributed by atoms with Crippen LogP contribution in [0, 0.1) is 0 Å². The van der Waals surface area contributed by atoms with E-state index in [0.717, 1.165) is 6.20 Å². The SMILES string of the molecule is CC1CC(NS(=O)(=O)c2ccc(C(=O)O)cn2)CCO1. The number of sulfonamides is 1. The second-order valence-electron chi connectivity index (χ2n) is 4.71. The van der Waals surface area contributed by atoms with Crippen molar-refractivity contribution >= 4 is 16.0 Å². The maximum absolute atomic E-state index is 12.1. The van der Waals surface area contributed by atoms with Gasteiger partial charge in [0.15, 0.2) is 5.03 Å². The first-order valence-corrected chi connectivity index (χ1v) is 7.70. The Morgan fingerprint density at radius 2 is 2.25 bits per heavy atom. The molecule has 2 atom stereocenters. The second-order valence-corrected chi connectivity index (χ2v) is 6.38. The van der Waals surface area contributed by atoms with Crippen molar-refractivity contribution in [1.82, 2.24) is 9.71 Å². The number of carboxylic acids is 1. The van der Waals surface area contributed by atoms with Crippen LogP contribution >= 0.6 is 0 Å². The van der Waals surface area contributed by atoms with Crippen LogP contribution in [0.25, 0.3) is 0 Å². The largest absolute Gasteiger partial charge is 0.478 e. The molecule has 0 amide bonds. The third-order valence-corrected chi connectivity index (χ3v) is 4.50. The van der Waals surface area contributed by atoms with E-state index >= 15 is 0 Å². The van der Waals surface area contributed by atoms with Gasteiger partial charge in [0.2, 0.25) is 0 Å². The highest BCUT2D eigenvalue weighted by Gasteiger charge is 2.25. The fraction of sp³-hybridized carbons (Fsp3) is 0.500. The molecule has 2 unspecified atom stereocenters. The molecule has 1 fully saturated rings. The summed E-state index contributed by atoms with van der Waals surface area (Å²) in [5.41, 5.74) is -0.0522. The van der Waals surface area contributed by atoms with Gasteiger partial charge in [0.05, 0.1) is 11.7 Å². The van der Waals surface area contributed by atoms with Crippen molar-refractivity contribution in [1.29, 1.82) is 0 Å². The minimum absolute atomic E-state index is 0.0128. The zero-order chi connectivity index (χ0) is 14.8. The van der Waals surface area contributed by atoms with Crippen LogP contribution in [0.1, 0.15) is 30.1 Å². The Bertz CT molecular complexity index is 584. The summed E-state index contributed by atoms with van der Waals surface area (Å²) in [6.45, 7) is 2.40. The number of aromatic carboxylic acids is 1. The van der Waals surface area contributed by atoms with Gasteiger partial charge in [0, 0.05) is 18.8 Å². The van der Waals surface area contributed by atoms with Gasteiger partial charge in [-0.2, -0.15) is 0 Å². The minimum atomic E-state index is -3.74. The van der Waals surface area contributed by atoms with Crippen LogP contribution in [-0.4, -0.2) is 43.2 Å². The molecule has 2 N–H and O–H groups in total. The molecule has 0 aliphatic carbocycles. The van der Waals surface area contributed by atoms with E-state index in [1.165, 1.54) is 12.1 Å². The topological polar surface area (TPSA) is 106 Å². The molecular weight excluding hydrogens is 284 g/mol. The van der Waals surface area contributed by atoms with Crippen LogP contribution in [0.3, 0.4) is 0 Å². The molecule has 1 aliphatic rings. The van der Waals surface area contributed by atoms with E-state index in [0.29, 0.717) is 19.4 Å². The summed E-state index contributed by atoms with van der Waals surface area (Å²) in [4.78, 5) is 14.4. The van der Waals surface area contributed by atoms with Crippen LogP contribution in [-0.2, 0) is 14.8 Å². The molecule has 7 nitrogen and oxygen atoms in total. The number of aromatic nitrogens is 1. The summed E-state index contributed by atoms with van der Waals surface area (Å²) in [5, 5.41) is 8.57. The monoisotopic (exact) mass is 300 g/mol. The van der Waals surface area contributed by atoms with Crippen molar-refractivity contribution in [2.24, 2.45) is 0 Å². The molecule has 110 valence electrons. The van der Waals surface area contributed by atoms with Crippen molar-refractivity contribution < 1.29 is 23.1 Å². The molecule has 0 radical (unpaired) electrons. The van der Waals surface area contributed by atoms with Gasteiger partial charge in [-0.25, -0.2) is 22.9 Å². The van der Waals surface area contributed by atoms with Gasteiger partial charge in [0.25, 0.3) is 10.0 Å². The Labute approximate surface area is 117 Å². The number of ether oxygens (including phenoxy) is 1. The van der Waals surface area contributed by atoms with Gasteiger partial charge in [-0.1, -0.05) is 0 Å². The fourth-order valence-corrected chi connectivity index (χ4v) is 3.26. The number of rotatable bonds is 4. The van der Waals surface area contributed by atoms with Gasteiger partial charge >= 0.3 is 5.97 Å². The highest BCUT2D eigenvalue weighted by atomic mass is 32.2. The first kappa shape index (κ1) is 14.9. The number of nitrogens with zero attached hydrogens (tertiary/aromatic N) is 1. The zero-order valence-electron chi connectivity index (χ0n) is 10.9. The molecule has 1 aliphatic heterocycles. The van der Waals surface area contributed by atoms with E-state index in [4.69, 9.17) is 9.84 Å². The minimum Gasteiger partial charge on any atom is -0.478 e. The first-order chi connectivity index (χ1) is 9.38. The Balaban J connectivity index is 2.11. The maximum Gasteiger partial charge on any atom is 0.337 e. The van der Waals surface area contributed by atoms with Crippen molar-refractivity contribution in [2.75, 3.05) is 6.61 Å².